The molecule has 2 N–H and O–H groups in total. The van der Waals surface area contributed by atoms with Crippen LogP contribution in [-0.4, -0.2) is 11.2 Å². The molecule has 1 aromatic carbocycles. The zero-order valence-electron chi connectivity index (χ0n) is 12.8. The SMILES string of the molecule is CC1(C)CC(C2(N)CCc3cc(F)ccc32)C(C)(C)O1. The lowest BCUT2D eigenvalue weighted by atomic mass is 9.70. The molecule has 0 bridgehead atoms. The van der Waals surface area contributed by atoms with E-state index in [-0.39, 0.29) is 22.9 Å². The molecule has 0 saturated carbocycles. The predicted octanol–water partition coefficient (Wildman–Crippen LogP) is 3.52. The van der Waals surface area contributed by atoms with Crippen LogP contribution in [-0.2, 0) is 16.7 Å². The third-order valence-electron chi connectivity index (χ3n) is 5.07. The quantitative estimate of drug-likeness (QED) is 0.852. The summed E-state index contributed by atoms with van der Waals surface area (Å²) in [5, 5.41) is 0. The van der Waals surface area contributed by atoms with Crippen LogP contribution in [0.3, 0.4) is 0 Å². The second kappa shape index (κ2) is 4.05. The molecule has 0 aromatic heterocycles. The fraction of sp³-hybridized carbons (Fsp3) is 0.647. The van der Waals surface area contributed by atoms with Crippen molar-refractivity contribution in [1.29, 1.82) is 0 Å². The van der Waals surface area contributed by atoms with Gasteiger partial charge < -0.3 is 10.5 Å². The van der Waals surface area contributed by atoms with Gasteiger partial charge in [-0.2, -0.15) is 0 Å². The monoisotopic (exact) mass is 277 g/mol. The van der Waals surface area contributed by atoms with Crippen LogP contribution in [0.25, 0.3) is 0 Å². The Balaban J connectivity index is 2.04. The second-order valence-electron chi connectivity index (χ2n) is 7.56. The van der Waals surface area contributed by atoms with Crippen molar-refractivity contribution in [2.45, 2.75) is 63.7 Å². The average molecular weight is 277 g/mol. The van der Waals surface area contributed by atoms with Gasteiger partial charge in [-0.25, -0.2) is 4.39 Å². The minimum Gasteiger partial charge on any atom is -0.369 e. The number of ether oxygens (including phenoxy) is 1. The Hall–Kier alpha value is -0.930. The highest BCUT2D eigenvalue weighted by molar-refractivity contribution is 5.40. The molecule has 2 aliphatic rings. The molecule has 3 heteroatoms. The maximum Gasteiger partial charge on any atom is 0.123 e. The molecular weight excluding hydrogens is 253 g/mol. The molecule has 1 saturated heterocycles. The second-order valence-corrected chi connectivity index (χ2v) is 7.56. The highest BCUT2D eigenvalue weighted by Gasteiger charge is 2.56. The molecule has 3 rings (SSSR count). The first-order valence-electron chi connectivity index (χ1n) is 7.42. The lowest BCUT2D eigenvalue weighted by Gasteiger charge is -2.39. The van der Waals surface area contributed by atoms with Crippen LogP contribution in [0.4, 0.5) is 4.39 Å². The van der Waals surface area contributed by atoms with Crippen molar-refractivity contribution < 1.29 is 9.13 Å². The van der Waals surface area contributed by atoms with Crippen molar-refractivity contribution in [2.75, 3.05) is 0 Å². The van der Waals surface area contributed by atoms with Crippen molar-refractivity contribution in [1.82, 2.24) is 0 Å². The Kier molecular flexibility index (Phi) is 2.84. The van der Waals surface area contributed by atoms with Crippen LogP contribution in [0.5, 0.6) is 0 Å². The minimum atomic E-state index is -0.402. The molecule has 20 heavy (non-hydrogen) atoms. The van der Waals surface area contributed by atoms with E-state index in [2.05, 4.69) is 27.7 Å². The predicted molar refractivity (Wildman–Crippen MR) is 77.9 cm³/mol. The van der Waals surface area contributed by atoms with Gasteiger partial charge in [0.05, 0.1) is 11.2 Å². The lowest BCUT2D eigenvalue weighted by Crippen LogP contribution is -2.49. The molecule has 1 fully saturated rings. The summed E-state index contributed by atoms with van der Waals surface area (Å²) < 4.78 is 19.6. The summed E-state index contributed by atoms with van der Waals surface area (Å²) in [5.74, 6) is 0.0759. The molecule has 1 heterocycles. The fourth-order valence-corrected chi connectivity index (χ4v) is 4.43. The van der Waals surface area contributed by atoms with Crippen LogP contribution in [0.1, 0.15) is 51.7 Å². The summed E-state index contributed by atoms with van der Waals surface area (Å²) in [6.07, 6.45) is 2.67. The van der Waals surface area contributed by atoms with Gasteiger partial charge in [-0.15, -0.1) is 0 Å². The number of rotatable bonds is 1. The topological polar surface area (TPSA) is 35.2 Å². The number of fused-ring (bicyclic) bond motifs is 1. The molecule has 1 aliphatic carbocycles. The zero-order chi connectivity index (χ0) is 14.8. The Morgan fingerprint density at radius 3 is 2.55 bits per heavy atom. The molecule has 1 aliphatic heterocycles. The Morgan fingerprint density at radius 2 is 1.95 bits per heavy atom. The van der Waals surface area contributed by atoms with Gasteiger partial charge in [0, 0.05) is 11.5 Å². The van der Waals surface area contributed by atoms with Crippen molar-refractivity contribution in [3.63, 3.8) is 0 Å². The van der Waals surface area contributed by atoms with Gasteiger partial charge in [-0.3, -0.25) is 0 Å². The summed E-state index contributed by atoms with van der Waals surface area (Å²) in [6, 6.07) is 5.04. The Bertz CT molecular complexity index is 552. The van der Waals surface area contributed by atoms with Gasteiger partial charge in [-0.05, 0) is 70.2 Å². The number of halogens is 1. The largest absolute Gasteiger partial charge is 0.369 e. The van der Waals surface area contributed by atoms with E-state index in [0.717, 1.165) is 30.4 Å². The van der Waals surface area contributed by atoms with Crippen molar-refractivity contribution in [2.24, 2.45) is 11.7 Å². The normalized spacial score (nSPS) is 34.2. The van der Waals surface area contributed by atoms with E-state index in [0.29, 0.717) is 0 Å². The van der Waals surface area contributed by atoms with Gasteiger partial charge in [0.2, 0.25) is 0 Å². The van der Waals surface area contributed by atoms with Crippen molar-refractivity contribution >= 4 is 0 Å². The van der Waals surface area contributed by atoms with E-state index in [4.69, 9.17) is 10.5 Å². The molecule has 0 spiro atoms. The fourth-order valence-electron chi connectivity index (χ4n) is 4.43. The summed E-state index contributed by atoms with van der Waals surface area (Å²) in [7, 11) is 0. The highest BCUT2D eigenvalue weighted by atomic mass is 19.1. The Labute approximate surface area is 120 Å². The third-order valence-corrected chi connectivity index (χ3v) is 5.07. The molecule has 0 amide bonds. The van der Waals surface area contributed by atoms with Crippen molar-refractivity contribution in [3.8, 4) is 0 Å². The number of hydrogen-bond donors (Lipinski definition) is 1. The Morgan fingerprint density at radius 1 is 1.25 bits per heavy atom. The summed E-state index contributed by atoms with van der Waals surface area (Å²) >= 11 is 0. The van der Waals surface area contributed by atoms with Gasteiger partial charge in [0.25, 0.3) is 0 Å². The van der Waals surface area contributed by atoms with E-state index in [1.807, 2.05) is 6.07 Å². The van der Waals surface area contributed by atoms with Gasteiger partial charge in [-0.1, -0.05) is 6.07 Å². The van der Waals surface area contributed by atoms with Crippen LogP contribution in [0.2, 0.25) is 0 Å². The first kappa shape index (κ1) is 14.0. The smallest absolute Gasteiger partial charge is 0.123 e. The van der Waals surface area contributed by atoms with Crippen LogP contribution < -0.4 is 5.73 Å². The summed E-state index contributed by atoms with van der Waals surface area (Å²) in [4.78, 5) is 0. The van der Waals surface area contributed by atoms with Gasteiger partial charge in [0.15, 0.2) is 0 Å². The number of hydrogen-bond acceptors (Lipinski definition) is 2. The maximum atomic E-state index is 13.4. The number of nitrogens with two attached hydrogens (primary N) is 1. The maximum absolute atomic E-state index is 13.4. The average Bonchev–Trinajstić information content (AvgIpc) is 2.74. The number of aryl methyl sites for hydroxylation is 1. The van der Waals surface area contributed by atoms with E-state index < -0.39 is 5.54 Å². The van der Waals surface area contributed by atoms with Crippen molar-refractivity contribution in [3.05, 3.63) is 35.1 Å². The third kappa shape index (κ3) is 1.99. The molecule has 0 radical (unpaired) electrons. The van der Waals surface area contributed by atoms with E-state index in [9.17, 15) is 4.39 Å². The van der Waals surface area contributed by atoms with E-state index in [1.54, 1.807) is 6.07 Å². The highest BCUT2D eigenvalue weighted by Crippen LogP contribution is 2.53. The van der Waals surface area contributed by atoms with Gasteiger partial charge >= 0.3 is 0 Å². The van der Waals surface area contributed by atoms with Crippen LogP contribution in [0, 0.1) is 11.7 Å². The van der Waals surface area contributed by atoms with E-state index in [1.165, 1.54) is 6.07 Å². The lowest BCUT2D eigenvalue weighted by molar-refractivity contribution is -0.0823. The summed E-state index contributed by atoms with van der Waals surface area (Å²) in [6.45, 7) is 8.50. The molecule has 110 valence electrons. The van der Waals surface area contributed by atoms with E-state index >= 15 is 0 Å². The number of benzene rings is 1. The first-order valence-corrected chi connectivity index (χ1v) is 7.42. The van der Waals surface area contributed by atoms with Gasteiger partial charge in [0.1, 0.15) is 5.82 Å². The standard InChI is InChI=1S/C17H24FNO/c1-15(2)10-14(16(3,4)20-15)17(19)8-7-11-9-12(18)5-6-13(11)17/h5-6,9,14H,7-8,10,19H2,1-4H3. The molecule has 2 unspecified atom stereocenters. The molecule has 1 aromatic rings. The van der Waals surface area contributed by atoms with Crippen LogP contribution in [0.15, 0.2) is 18.2 Å². The van der Waals surface area contributed by atoms with Crippen LogP contribution >= 0.6 is 0 Å². The zero-order valence-corrected chi connectivity index (χ0v) is 12.8. The minimum absolute atomic E-state index is 0.149. The molecule has 2 atom stereocenters. The molecule has 2 nitrogen and oxygen atoms in total. The first-order chi connectivity index (χ1) is 9.14. The molecular formula is C17H24FNO. The summed E-state index contributed by atoms with van der Waals surface area (Å²) in [5.41, 5.74) is 8.19.